The minimum Gasteiger partial charge on any atom is -0.493 e. The highest BCUT2D eigenvalue weighted by Gasteiger charge is 2.17. The minimum absolute atomic E-state index is 0.164. The van der Waals surface area contributed by atoms with E-state index in [1.54, 1.807) is 20.3 Å². The van der Waals surface area contributed by atoms with Gasteiger partial charge in [-0.2, -0.15) is 5.10 Å². The molecule has 3 rings (SSSR count). The first-order chi connectivity index (χ1) is 13.0. The first-order valence-corrected chi connectivity index (χ1v) is 8.72. The molecule has 0 aliphatic carbocycles. The lowest BCUT2D eigenvalue weighted by atomic mass is 10.0. The third-order valence-corrected chi connectivity index (χ3v) is 4.55. The zero-order chi connectivity index (χ0) is 19.4. The number of nitrogens with zero attached hydrogens (tertiary/aromatic N) is 1. The maximum absolute atomic E-state index is 12.5. The van der Waals surface area contributed by atoms with Gasteiger partial charge in [0.2, 0.25) is 5.91 Å². The first-order valence-electron chi connectivity index (χ1n) is 8.34. The summed E-state index contributed by atoms with van der Waals surface area (Å²) in [5.74, 6) is 1.49. The molecule has 7 heteroatoms. The Kier molecular flexibility index (Phi) is 5.66. The quantitative estimate of drug-likeness (QED) is 0.665. The lowest BCUT2D eigenvalue weighted by molar-refractivity contribution is -0.115. The Hall–Kier alpha value is -2.99. The molecule has 0 unspecified atom stereocenters. The number of aryl methyl sites for hydroxylation is 1. The standard InChI is InChI=1S/C20H20ClN3O3/c1-12-19(14-8-9-16(26-2)17(10-14)27-3)20(24-23-12)22-18(25)11-13-6-4-5-7-15(13)21/h4-10H,11H2,1-3H3,(H2,22,23,24,25). The summed E-state index contributed by atoms with van der Waals surface area (Å²) in [6.45, 7) is 1.89. The number of aromatic amines is 1. The fourth-order valence-corrected chi connectivity index (χ4v) is 3.06. The number of carbonyl (C=O) groups is 1. The van der Waals surface area contributed by atoms with Crippen molar-refractivity contribution >= 4 is 23.3 Å². The van der Waals surface area contributed by atoms with Crippen LogP contribution in [0.25, 0.3) is 11.1 Å². The van der Waals surface area contributed by atoms with Crippen LogP contribution in [0.4, 0.5) is 5.82 Å². The van der Waals surface area contributed by atoms with Crippen LogP contribution in [0.15, 0.2) is 42.5 Å². The number of anilines is 1. The Balaban J connectivity index is 1.87. The SMILES string of the molecule is COc1ccc(-c2c(NC(=O)Cc3ccccc3Cl)n[nH]c2C)cc1OC. The first kappa shape index (κ1) is 18.8. The van der Waals surface area contributed by atoms with Gasteiger partial charge in [0.15, 0.2) is 17.3 Å². The summed E-state index contributed by atoms with van der Waals surface area (Å²) in [6.07, 6.45) is 0.164. The van der Waals surface area contributed by atoms with Crippen LogP contribution >= 0.6 is 11.6 Å². The molecular formula is C20H20ClN3O3. The summed E-state index contributed by atoms with van der Waals surface area (Å²) in [5.41, 5.74) is 3.24. The third kappa shape index (κ3) is 4.06. The van der Waals surface area contributed by atoms with Crippen molar-refractivity contribution < 1.29 is 14.3 Å². The zero-order valence-electron chi connectivity index (χ0n) is 15.3. The molecule has 0 atom stereocenters. The van der Waals surface area contributed by atoms with Crippen LogP contribution in [0.1, 0.15) is 11.3 Å². The van der Waals surface area contributed by atoms with Gasteiger partial charge in [-0.3, -0.25) is 9.89 Å². The van der Waals surface area contributed by atoms with Crippen molar-refractivity contribution in [2.45, 2.75) is 13.3 Å². The van der Waals surface area contributed by atoms with Crippen molar-refractivity contribution in [3.63, 3.8) is 0 Å². The maximum Gasteiger partial charge on any atom is 0.230 e. The Labute approximate surface area is 162 Å². The van der Waals surface area contributed by atoms with E-state index in [4.69, 9.17) is 21.1 Å². The number of halogens is 1. The molecule has 0 spiro atoms. The van der Waals surface area contributed by atoms with E-state index in [2.05, 4.69) is 15.5 Å². The molecular weight excluding hydrogens is 366 g/mol. The molecule has 1 amide bonds. The summed E-state index contributed by atoms with van der Waals surface area (Å²) in [7, 11) is 3.16. The molecule has 0 saturated heterocycles. The van der Waals surface area contributed by atoms with E-state index in [-0.39, 0.29) is 12.3 Å². The van der Waals surface area contributed by atoms with E-state index < -0.39 is 0 Å². The van der Waals surface area contributed by atoms with E-state index in [1.807, 2.05) is 43.3 Å². The number of nitrogens with one attached hydrogen (secondary N) is 2. The van der Waals surface area contributed by atoms with Crippen LogP contribution in [-0.2, 0) is 11.2 Å². The van der Waals surface area contributed by atoms with E-state index in [0.717, 1.165) is 22.4 Å². The fraction of sp³-hybridized carbons (Fsp3) is 0.200. The van der Waals surface area contributed by atoms with Crippen LogP contribution in [-0.4, -0.2) is 30.3 Å². The number of benzene rings is 2. The molecule has 0 aliphatic rings. The lowest BCUT2D eigenvalue weighted by Gasteiger charge is -2.11. The Morgan fingerprint density at radius 1 is 1.15 bits per heavy atom. The molecule has 1 heterocycles. The summed E-state index contributed by atoms with van der Waals surface area (Å²) >= 11 is 6.14. The number of amides is 1. The third-order valence-electron chi connectivity index (χ3n) is 4.19. The molecule has 1 aromatic heterocycles. The van der Waals surface area contributed by atoms with Crippen molar-refractivity contribution in [2.24, 2.45) is 0 Å². The number of H-pyrrole nitrogens is 1. The van der Waals surface area contributed by atoms with Crippen LogP contribution < -0.4 is 14.8 Å². The highest BCUT2D eigenvalue weighted by Crippen LogP contribution is 2.36. The topological polar surface area (TPSA) is 76.2 Å². The number of ether oxygens (including phenoxy) is 2. The van der Waals surface area contributed by atoms with E-state index in [1.165, 1.54) is 0 Å². The molecule has 0 bridgehead atoms. The highest BCUT2D eigenvalue weighted by molar-refractivity contribution is 6.31. The molecule has 0 saturated carbocycles. The Bertz CT molecular complexity index is 969. The van der Waals surface area contributed by atoms with Gasteiger partial charge in [-0.15, -0.1) is 0 Å². The van der Waals surface area contributed by atoms with Crippen LogP contribution in [0, 0.1) is 6.92 Å². The summed E-state index contributed by atoms with van der Waals surface area (Å²) in [6, 6.07) is 12.8. The van der Waals surface area contributed by atoms with E-state index >= 15 is 0 Å². The minimum atomic E-state index is -0.198. The molecule has 140 valence electrons. The van der Waals surface area contributed by atoms with Crippen LogP contribution in [0.2, 0.25) is 5.02 Å². The Morgan fingerprint density at radius 2 is 1.89 bits per heavy atom. The van der Waals surface area contributed by atoms with Gasteiger partial charge in [0, 0.05) is 16.3 Å². The van der Waals surface area contributed by atoms with E-state index in [9.17, 15) is 4.79 Å². The second-order valence-corrected chi connectivity index (χ2v) is 6.37. The molecule has 2 N–H and O–H groups in total. The summed E-state index contributed by atoms with van der Waals surface area (Å²) < 4.78 is 10.7. The predicted molar refractivity (Wildman–Crippen MR) is 106 cm³/mol. The normalized spacial score (nSPS) is 10.5. The highest BCUT2D eigenvalue weighted by atomic mass is 35.5. The molecule has 2 aromatic carbocycles. The second-order valence-electron chi connectivity index (χ2n) is 5.96. The molecule has 0 aliphatic heterocycles. The predicted octanol–water partition coefficient (Wildman–Crippen LogP) is 4.24. The monoisotopic (exact) mass is 385 g/mol. The number of hydrogen-bond donors (Lipinski definition) is 2. The van der Waals surface area contributed by atoms with Crippen molar-refractivity contribution in [2.75, 3.05) is 19.5 Å². The summed E-state index contributed by atoms with van der Waals surface area (Å²) in [4.78, 5) is 12.5. The van der Waals surface area contributed by atoms with Gasteiger partial charge in [-0.25, -0.2) is 0 Å². The number of carbonyl (C=O) groups excluding carboxylic acids is 1. The van der Waals surface area contributed by atoms with Crippen LogP contribution in [0.3, 0.4) is 0 Å². The van der Waals surface area contributed by atoms with Crippen molar-refractivity contribution in [3.8, 4) is 22.6 Å². The van der Waals surface area contributed by atoms with Crippen molar-refractivity contribution in [1.29, 1.82) is 0 Å². The second kappa shape index (κ2) is 8.14. The largest absolute Gasteiger partial charge is 0.493 e. The van der Waals surface area contributed by atoms with E-state index in [0.29, 0.717) is 22.3 Å². The zero-order valence-corrected chi connectivity index (χ0v) is 16.1. The van der Waals surface area contributed by atoms with Gasteiger partial charge < -0.3 is 14.8 Å². The molecule has 0 radical (unpaired) electrons. The lowest BCUT2D eigenvalue weighted by Crippen LogP contribution is -2.15. The average Bonchev–Trinajstić information content (AvgIpc) is 3.03. The van der Waals surface area contributed by atoms with Crippen molar-refractivity contribution in [3.05, 3.63) is 58.7 Å². The maximum atomic E-state index is 12.5. The van der Waals surface area contributed by atoms with Crippen LogP contribution in [0.5, 0.6) is 11.5 Å². The molecule has 27 heavy (non-hydrogen) atoms. The van der Waals surface area contributed by atoms with Gasteiger partial charge in [0.1, 0.15) is 0 Å². The van der Waals surface area contributed by atoms with Crippen molar-refractivity contribution in [1.82, 2.24) is 10.2 Å². The molecule has 3 aromatic rings. The van der Waals surface area contributed by atoms with Gasteiger partial charge >= 0.3 is 0 Å². The van der Waals surface area contributed by atoms with Gasteiger partial charge in [-0.1, -0.05) is 35.9 Å². The summed E-state index contributed by atoms with van der Waals surface area (Å²) in [5, 5.41) is 10.6. The van der Waals surface area contributed by atoms with Gasteiger partial charge in [0.05, 0.1) is 20.6 Å². The number of hydrogen-bond acceptors (Lipinski definition) is 4. The van der Waals surface area contributed by atoms with Gasteiger partial charge in [-0.05, 0) is 36.2 Å². The average molecular weight is 386 g/mol. The number of methoxy groups -OCH3 is 2. The Morgan fingerprint density at radius 3 is 2.59 bits per heavy atom. The number of rotatable bonds is 6. The number of aromatic nitrogens is 2. The van der Waals surface area contributed by atoms with Gasteiger partial charge in [0.25, 0.3) is 0 Å². The molecule has 6 nitrogen and oxygen atoms in total. The smallest absolute Gasteiger partial charge is 0.230 e. The fourth-order valence-electron chi connectivity index (χ4n) is 2.86. The molecule has 0 fully saturated rings.